The van der Waals surface area contributed by atoms with E-state index in [9.17, 15) is 0 Å². The molecular weight excluding hydrogens is 318 g/mol. The van der Waals surface area contributed by atoms with Gasteiger partial charge >= 0.3 is 0 Å². The summed E-state index contributed by atoms with van der Waals surface area (Å²) < 4.78 is 0. The minimum absolute atomic E-state index is 0.0214. The molecule has 0 bridgehead atoms. The van der Waals surface area contributed by atoms with Crippen LogP contribution in [0.3, 0.4) is 0 Å². The molecule has 4 unspecified atom stereocenters. The van der Waals surface area contributed by atoms with Crippen LogP contribution in [-0.2, 0) is 0 Å². The molecule has 0 amide bonds. The largest absolute Gasteiger partial charge is 0.397 e. The molecule has 26 heavy (non-hydrogen) atoms. The molecule has 0 radical (unpaired) electrons. The molecule has 0 aromatic rings. The van der Waals surface area contributed by atoms with E-state index in [1.165, 1.54) is 5.57 Å². The Morgan fingerprint density at radius 3 is 2.15 bits per heavy atom. The molecule has 0 aromatic heterocycles. The van der Waals surface area contributed by atoms with Crippen molar-refractivity contribution >= 4 is 5.71 Å². The summed E-state index contributed by atoms with van der Waals surface area (Å²) in [5.74, 6) is 0.712. The second-order valence-electron chi connectivity index (χ2n) is 7.12. The lowest BCUT2D eigenvalue weighted by Gasteiger charge is -2.26. The van der Waals surface area contributed by atoms with Gasteiger partial charge in [0.1, 0.15) is 0 Å². The highest BCUT2D eigenvalue weighted by molar-refractivity contribution is 6.12. The molecule has 4 N–H and O–H groups in total. The molecule has 0 fully saturated rings. The van der Waals surface area contributed by atoms with Gasteiger partial charge in [-0.1, -0.05) is 67.8 Å². The minimum atomic E-state index is -0.128. The summed E-state index contributed by atoms with van der Waals surface area (Å²) in [5.41, 5.74) is 16.3. The molecule has 0 saturated carbocycles. The van der Waals surface area contributed by atoms with Gasteiger partial charge in [-0.05, 0) is 38.2 Å². The van der Waals surface area contributed by atoms with E-state index in [2.05, 4.69) is 38.8 Å². The standard InChI is InChI=1S/C23H31N3/c1-6-22(19-13-11-18(12-14-19)15(2)3)26-23(17(5)24)16(4)20-9-7-8-10-21(20)25/h6-11,13,18-21H,2,4-5,12,14,24-25H2,1,3H3/b22-6-,26-23-. The average molecular weight is 350 g/mol. The van der Waals surface area contributed by atoms with Crippen LogP contribution >= 0.6 is 0 Å². The van der Waals surface area contributed by atoms with E-state index >= 15 is 0 Å². The fraction of sp³-hybridized carbons (Fsp3) is 0.348. The smallest absolute Gasteiger partial charge is 0.0888 e. The van der Waals surface area contributed by atoms with Crippen LogP contribution in [0.5, 0.6) is 0 Å². The van der Waals surface area contributed by atoms with Crippen molar-refractivity contribution in [1.29, 1.82) is 0 Å². The molecule has 3 nitrogen and oxygen atoms in total. The first kappa shape index (κ1) is 19.9. The number of hydrogen-bond donors (Lipinski definition) is 2. The number of aliphatic imine (C=N–C) groups is 1. The Morgan fingerprint density at radius 2 is 1.65 bits per heavy atom. The second-order valence-corrected chi connectivity index (χ2v) is 7.12. The highest BCUT2D eigenvalue weighted by Crippen LogP contribution is 2.32. The van der Waals surface area contributed by atoms with Crippen LogP contribution in [0.4, 0.5) is 0 Å². The summed E-state index contributed by atoms with van der Waals surface area (Å²) >= 11 is 0. The van der Waals surface area contributed by atoms with Crippen molar-refractivity contribution in [3.63, 3.8) is 0 Å². The highest BCUT2D eigenvalue weighted by atomic mass is 14.8. The van der Waals surface area contributed by atoms with Gasteiger partial charge in [-0.15, -0.1) is 0 Å². The molecule has 4 atom stereocenters. The van der Waals surface area contributed by atoms with Crippen molar-refractivity contribution in [2.75, 3.05) is 0 Å². The summed E-state index contributed by atoms with van der Waals surface area (Å²) in [4.78, 5) is 4.86. The normalized spacial score (nSPS) is 28.9. The van der Waals surface area contributed by atoms with Crippen molar-refractivity contribution in [1.82, 2.24) is 0 Å². The first-order valence-corrected chi connectivity index (χ1v) is 9.18. The van der Waals surface area contributed by atoms with Crippen LogP contribution in [0, 0.1) is 17.8 Å². The SMILES string of the molecule is C=C(N)/C(=N\C(=C/C)C1C=CC(C(=C)C)CC1)C(=C)C1C=CC=CC1N. The third kappa shape index (κ3) is 4.61. The van der Waals surface area contributed by atoms with E-state index in [1.807, 2.05) is 37.3 Å². The molecule has 0 aromatic carbocycles. The van der Waals surface area contributed by atoms with Gasteiger partial charge in [0.05, 0.1) is 11.4 Å². The summed E-state index contributed by atoms with van der Waals surface area (Å²) in [7, 11) is 0. The van der Waals surface area contributed by atoms with Crippen molar-refractivity contribution < 1.29 is 0 Å². The predicted octanol–water partition coefficient (Wildman–Crippen LogP) is 4.59. The maximum atomic E-state index is 6.21. The van der Waals surface area contributed by atoms with Crippen molar-refractivity contribution in [2.45, 2.75) is 32.7 Å². The van der Waals surface area contributed by atoms with Crippen LogP contribution in [0.1, 0.15) is 26.7 Å². The predicted molar refractivity (Wildman–Crippen MR) is 114 cm³/mol. The van der Waals surface area contributed by atoms with Gasteiger partial charge in [0.25, 0.3) is 0 Å². The quantitative estimate of drug-likeness (QED) is 0.544. The van der Waals surface area contributed by atoms with Gasteiger partial charge in [0.2, 0.25) is 0 Å². The molecular formula is C23H31N3. The summed E-state index contributed by atoms with van der Waals surface area (Å²) in [5, 5.41) is 0. The van der Waals surface area contributed by atoms with E-state index < -0.39 is 0 Å². The minimum Gasteiger partial charge on any atom is -0.397 e. The molecule has 0 aliphatic heterocycles. The Hall–Kier alpha value is -2.39. The Balaban J connectivity index is 2.26. The monoisotopic (exact) mass is 349 g/mol. The fourth-order valence-corrected chi connectivity index (χ4v) is 3.45. The van der Waals surface area contributed by atoms with Crippen LogP contribution in [0.25, 0.3) is 0 Å². The third-order valence-electron chi connectivity index (χ3n) is 5.10. The Morgan fingerprint density at radius 1 is 1.04 bits per heavy atom. The topological polar surface area (TPSA) is 64.4 Å². The molecule has 138 valence electrons. The van der Waals surface area contributed by atoms with Crippen LogP contribution in [0.15, 0.2) is 89.8 Å². The van der Waals surface area contributed by atoms with Gasteiger partial charge in [-0.3, -0.25) is 4.99 Å². The lowest BCUT2D eigenvalue weighted by atomic mass is 9.83. The van der Waals surface area contributed by atoms with Gasteiger partial charge < -0.3 is 11.5 Å². The van der Waals surface area contributed by atoms with Crippen molar-refractivity contribution in [3.8, 4) is 0 Å². The van der Waals surface area contributed by atoms with Crippen LogP contribution < -0.4 is 11.5 Å². The lowest BCUT2D eigenvalue weighted by Crippen LogP contribution is -2.32. The molecule has 2 rings (SSSR count). The first-order valence-electron chi connectivity index (χ1n) is 9.18. The Labute approximate surface area is 158 Å². The number of rotatable bonds is 6. The Kier molecular flexibility index (Phi) is 6.76. The molecule has 2 aliphatic carbocycles. The summed E-state index contributed by atoms with van der Waals surface area (Å²) in [6.07, 6.45) is 16.6. The number of nitrogens with zero attached hydrogens (tertiary/aromatic N) is 1. The van der Waals surface area contributed by atoms with Crippen LogP contribution in [-0.4, -0.2) is 11.8 Å². The zero-order chi connectivity index (χ0) is 19.3. The molecule has 0 saturated heterocycles. The Bertz CT molecular complexity index is 731. The van der Waals surface area contributed by atoms with Gasteiger partial charge in [0.15, 0.2) is 0 Å². The van der Waals surface area contributed by atoms with E-state index in [0.717, 1.165) is 24.1 Å². The third-order valence-corrected chi connectivity index (χ3v) is 5.10. The van der Waals surface area contributed by atoms with E-state index in [1.54, 1.807) is 0 Å². The zero-order valence-electron chi connectivity index (χ0n) is 16.0. The van der Waals surface area contributed by atoms with E-state index in [-0.39, 0.29) is 17.9 Å². The van der Waals surface area contributed by atoms with Crippen molar-refractivity contribution in [3.05, 3.63) is 84.8 Å². The number of hydrogen-bond acceptors (Lipinski definition) is 3. The molecule has 0 spiro atoms. The second kappa shape index (κ2) is 8.81. The average Bonchev–Trinajstić information content (AvgIpc) is 2.62. The lowest BCUT2D eigenvalue weighted by molar-refractivity contribution is 0.528. The zero-order valence-corrected chi connectivity index (χ0v) is 16.0. The number of nitrogens with two attached hydrogens (primary N) is 2. The van der Waals surface area contributed by atoms with Gasteiger partial charge in [-0.25, -0.2) is 0 Å². The van der Waals surface area contributed by atoms with Crippen molar-refractivity contribution in [2.24, 2.45) is 34.2 Å². The maximum absolute atomic E-state index is 6.21. The molecule has 2 aliphatic rings. The van der Waals surface area contributed by atoms with E-state index in [0.29, 0.717) is 17.3 Å². The maximum Gasteiger partial charge on any atom is 0.0888 e. The summed E-state index contributed by atoms with van der Waals surface area (Å²) in [6, 6.07) is -0.128. The summed E-state index contributed by atoms with van der Waals surface area (Å²) in [6.45, 7) is 16.3. The van der Waals surface area contributed by atoms with E-state index in [4.69, 9.17) is 16.5 Å². The van der Waals surface area contributed by atoms with Gasteiger partial charge in [0, 0.05) is 23.6 Å². The molecule has 3 heteroatoms. The highest BCUT2D eigenvalue weighted by Gasteiger charge is 2.24. The fourth-order valence-electron chi connectivity index (χ4n) is 3.45. The number of allylic oxidation sites excluding steroid dienone is 7. The molecule has 0 heterocycles. The van der Waals surface area contributed by atoms with Gasteiger partial charge in [-0.2, -0.15) is 0 Å². The van der Waals surface area contributed by atoms with Crippen LogP contribution in [0.2, 0.25) is 0 Å². The first-order chi connectivity index (χ1) is 12.3.